The number of aromatic nitrogens is 3. The van der Waals surface area contributed by atoms with Crippen molar-refractivity contribution in [1.82, 2.24) is 24.4 Å². The van der Waals surface area contributed by atoms with Gasteiger partial charge in [-0.25, -0.2) is 0 Å². The number of amides is 2. The highest BCUT2D eigenvalue weighted by Gasteiger charge is 2.39. The van der Waals surface area contributed by atoms with Crippen molar-refractivity contribution >= 4 is 29.1 Å². The molecule has 9 heteroatoms. The molecule has 2 aliphatic heterocycles. The molecule has 8 nitrogen and oxygen atoms in total. The van der Waals surface area contributed by atoms with Crippen LogP contribution in [0.25, 0.3) is 5.65 Å². The van der Waals surface area contributed by atoms with Gasteiger partial charge >= 0.3 is 0 Å². The first-order valence-corrected chi connectivity index (χ1v) is 13.8. The number of hydrogen-bond acceptors (Lipinski definition) is 5. The molecule has 2 aromatic heterocycles. The molecule has 2 amide bonds. The van der Waals surface area contributed by atoms with Gasteiger partial charge in [0.1, 0.15) is 12.4 Å². The predicted octanol–water partition coefficient (Wildman–Crippen LogP) is 4.59. The van der Waals surface area contributed by atoms with Gasteiger partial charge in [0.2, 0.25) is 11.8 Å². The summed E-state index contributed by atoms with van der Waals surface area (Å²) < 4.78 is 8.29. The summed E-state index contributed by atoms with van der Waals surface area (Å²) in [5, 5.41) is 9.21. The van der Waals surface area contributed by atoms with Crippen LogP contribution in [0.15, 0.2) is 36.5 Å². The Hall–Kier alpha value is -3.13. The zero-order valence-corrected chi connectivity index (χ0v) is 21.7. The number of carbonyl (C=O) groups excluding carboxylic acids is 2. The van der Waals surface area contributed by atoms with E-state index in [9.17, 15) is 9.59 Å². The Morgan fingerprint density at radius 2 is 1.89 bits per heavy atom. The molecule has 1 aromatic carbocycles. The molecular formula is C28H32ClN5O3. The highest BCUT2D eigenvalue weighted by molar-refractivity contribution is 6.31. The van der Waals surface area contributed by atoms with Crippen LogP contribution >= 0.6 is 11.6 Å². The molecule has 1 atom stereocenters. The van der Waals surface area contributed by atoms with E-state index in [0.29, 0.717) is 42.5 Å². The number of hydrogen-bond donors (Lipinski definition) is 0. The highest BCUT2D eigenvalue weighted by Crippen LogP contribution is 2.42. The largest absolute Gasteiger partial charge is 0.485 e. The fourth-order valence-corrected chi connectivity index (χ4v) is 6.44. The first-order valence-electron chi connectivity index (χ1n) is 13.4. The summed E-state index contributed by atoms with van der Waals surface area (Å²) in [6.07, 6.45) is 9.28. The minimum absolute atomic E-state index is 0.0537. The third-order valence-corrected chi connectivity index (χ3v) is 8.47. The molecule has 1 saturated heterocycles. The summed E-state index contributed by atoms with van der Waals surface area (Å²) in [6, 6.07) is 9.22. The monoisotopic (exact) mass is 521 g/mol. The van der Waals surface area contributed by atoms with Crippen molar-refractivity contribution < 1.29 is 14.3 Å². The second-order valence-electron chi connectivity index (χ2n) is 10.3. The second-order valence-corrected chi connectivity index (χ2v) is 10.8. The molecule has 3 aromatic rings. The van der Waals surface area contributed by atoms with Crippen molar-refractivity contribution in [3.05, 3.63) is 58.5 Å². The van der Waals surface area contributed by atoms with Crippen molar-refractivity contribution in [2.75, 3.05) is 19.6 Å². The predicted molar refractivity (Wildman–Crippen MR) is 139 cm³/mol. The maximum Gasteiger partial charge on any atom is 0.226 e. The third kappa shape index (κ3) is 4.67. The van der Waals surface area contributed by atoms with Gasteiger partial charge in [0.15, 0.2) is 11.5 Å². The number of ether oxygens (including phenoxy) is 1. The number of fused-ring (bicyclic) bond motifs is 2. The topological polar surface area (TPSA) is 80.0 Å². The van der Waals surface area contributed by atoms with Gasteiger partial charge in [0.05, 0.1) is 6.04 Å². The molecule has 1 saturated carbocycles. The van der Waals surface area contributed by atoms with Gasteiger partial charge in [0.25, 0.3) is 0 Å². The summed E-state index contributed by atoms with van der Waals surface area (Å²) in [5.74, 6) is 1.78. The number of likely N-dealkylation sites (tertiary alicyclic amines) is 1. The van der Waals surface area contributed by atoms with Crippen LogP contribution in [0.4, 0.5) is 0 Å². The molecule has 0 N–H and O–H groups in total. The smallest absolute Gasteiger partial charge is 0.226 e. The lowest BCUT2D eigenvalue weighted by Gasteiger charge is -2.42. The lowest BCUT2D eigenvalue weighted by molar-refractivity contribution is -0.141. The van der Waals surface area contributed by atoms with Crippen LogP contribution in [0.2, 0.25) is 5.02 Å². The Labute approximate surface area is 221 Å². The second kappa shape index (κ2) is 10.3. The maximum absolute atomic E-state index is 13.8. The number of rotatable bonds is 6. The Bertz CT molecular complexity index is 1320. The fourth-order valence-electron chi connectivity index (χ4n) is 6.18. The number of nitrogens with zero attached hydrogens (tertiary/aromatic N) is 5. The van der Waals surface area contributed by atoms with Crippen LogP contribution in [0.3, 0.4) is 0 Å². The first kappa shape index (κ1) is 24.2. The maximum atomic E-state index is 13.8. The summed E-state index contributed by atoms with van der Waals surface area (Å²) in [7, 11) is 0. The minimum atomic E-state index is -0.288. The zero-order valence-electron chi connectivity index (χ0n) is 20.9. The Morgan fingerprint density at radius 3 is 2.70 bits per heavy atom. The van der Waals surface area contributed by atoms with Gasteiger partial charge in [-0.1, -0.05) is 36.9 Å². The lowest BCUT2D eigenvalue weighted by Crippen LogP contribution is -2.48. The molecule has 37 heavy (non-hydrogen) atoms. The summed E-state index contributed by atoms with van der Waals surface area (Å²) in [5.41, 5.74) is 2.69. The molecular weight excluding hydrogens is 490 g/mol. The summed E-state index contributed by atoms with van der Waals surface area (Å²) in [6.45, 7) is 2.02. The van der Waals surface area contributed by atoms with Crippen molar-refractivity contribution in [2.45, 2.75) is 64.0 Å². The van der Waals surface area contributed by atoms with Gasteiger partial charge in [-0.05, 0) is 55.5 Å². The molecule has 0 bridgehead atoms. The minimum Gasteiger partial charge on any atom is -0.485 e. The zero-order chi connectivity index (χ0) is 25.4. The van der Waals surface area contributed by atoms with E-state index in [1.807, 2.05) is 50.7 Å². The summed E-state index contributed by atoms with van der Waals surface area (Å²) >= 11 is 6.71. The van der Waals surface area contributed by atoms with E-state index in [1.165, 1.54) is 6.42 Å². The van der Waals surface area contributed by atoms with E-state index >= 15 is 0 Å². The van der Waals surface area contributed by atoms with Gasteiger partial charge in [-0.2, -0.15) is 0 Å². The van der Waals surface area contributed by atoms with Crippen LogP contribution < -0.4 is 4.74 Å². The van der Waals surface area contributed by atoms with Gasteiger partial charge in [-0.3, -0.25) is 14.0 Å². The van der Waals surface area contributed by atoms with E-state index in [2.05, 4.69) is 10.2 Å². The molecule has 6 rings (SSSR count). The van der Waals surface area contributed by atoms with Crippen molar-refractivity contribution in [3.63, 3.8) is 0 Å². The average Bonchev–Trinajstić information content (AvgIpc) is 3.54. The van der Waals surface area contributed by atoms with E-state index in [4.69, 9.17) is 16.3 Å². The molecule has 0 spiro atoms. The van der Waals surface area contributed by atoms with Gasteiger partial charge < -0.3 is 14.5 Å². The van der Waals surface area contributed by atoms with Crippen LogP contribution in [-0.4, -0.2) is 55.8 Å². The molecule has 3 aliphatic rings. The third-order valence-electron chi connectivity index (χ3n) is 8.12. The number of benzene rings is 1. The molecule has 4 heterocycles. The summed E-state index contributed by atoms with van der Waals surface area (Å²) in [4.78, 5) is 30.4. The van der Waals surface area contributed by atoms with E-state index < -0.39 is 0 Å². The lowest BCUT2D eigenvalue weighted by atomic mass is 9.85. The van der Waals surface area contributed by atoms with Crippen LogP contribution in [0.1, 0.15) is 67.9 Å². The number of carbonyl (C=O) groups is 2. The highest BCUT2D eigenvalue weighted by atomic mass is 35.5. The molecule has 0 unspecified atom stereocenters. The van der Waals surface area contributed by atoms with Gasteiger partial charge in [-0.15, -0.1) is 10.2 Å². The fraction of sp³-hybridized carbons (Fsp3) is 0.500. The SMILES string of the molecule is O=C1CCCN1C[C@@H]1c2c(OCc3nnc4ccccn34)ccc(Cl)c2CCN1C(=O)C1CCCCC1. The van der Waals surface area contributed by atoms with E-state index in [0.717, 1.165) is 55.4 Å². The normalized spacial score (nSPS) is 20.5. The van der Waals surface area contributed by atoms with Gasteiger partial charge in [0, 0.05) is 48.8 Å². The number of halogens is 1. The van der Waals surface area contributed by atoms with Crippen molar-refractivity contribution in [3.8, 4) is 5.75 Å². The van der Waals surface area contributed by atoms with Crippen molar-refractivity contribution in [2.24, 2.45) is 5.92 Å². The molecule has 2 fully saturated rings. The van der Waals surface area contributed by atoms with E-state index in [-0.39, 0.29) is 30.4 Å². The Morgan fingerprint density at radius 1 is 1.03 bits per heavy atom. The molecule has 1 aliphatic carbocycles. The van der Waals surface area contributed by atoms with E-state index in [1.54, 1.807) is 0 Å². The van der Waals surface area contributed by atoms with Crippen molar-refractivity contribution in [1.29, 1.82) is 0 Å². The van der Waals surface area contributed by atoms with Crippen LogP contribution in [0, 0.1) is 5.92 Å². The average molecular weight is 522 g/mol. The standard InChI is InChI=1S/C28H32ClN5O3/c29-21-11-12-23(37-18-25-31-30-24-9-4-5-15-34(24)25)27-20(21)13-16-33(28(36)19-7-2-1-3-8-19)22(27)17-32-14-6-10-26(32)35/h4-5,9,11-12,15,19,22H,1-3,6-8,10,13-14,16-18H2/t22-/m1/s1. The quantitative estimate of drug-likeness (QED) is 0.474. The first-order chi connectivity index (χ1) is 18.1. The Balaban J connectivity index is 1.35. The van der Waals surface area contributed by atoms with Crippen LogP contribution in [-0.2, 0) is 22.6 Å². The molecule has 0 radical (unpaired) electrons. The number of pyridine rings is 1. The van der Waals surface area contributed by atoms with Crippen LogP contribution in [0.5, 0.6) is 5.75 Å². The molecule has 194 valence electrons. The Kier molecular flexibility index (Phi) is 6.76.